The Kier molecular flexibility index (Phi) is 9.39. The summed E-state index contributed by atoms with van der Waals surface area (Å²) >= 11 is 0. The molecule has 2 aromatic rings. The number of nitrogens with zero attached hydrogens (tertiary/aromatic N) is 7. The van der Waals surface area contributed by atoms with E-state index in [-0.39, 0.29) is 40.1 Å². The molecule has 49 heavy (non-hydrogen) atoms. The van der Waals surface area contributed by atoms with Crippen LogP contribution in [0.25, 0.3) is 0 Å². The van der Waals surface area contributed by atoms with E-state index in [2.05, 4.69) is 25.1 Å². The molecule has 0 aliphatic carbocycles. The standard InChI is InChI=1S/C35H51FN8O4S/c1-25(2)44(26(3)4)33(45)29-15-28(36)5-6-30(29)48-31-16-37-24-39-32(31)41-20-34(21-41)9-13-40(14-10-34)17-27-7-11-42(12-8-27)49(46,47)43-22-35(23-43)18-38-19-35/h5-6,15-16,24-27,38H,7-14,17-23H2,1-4H3. The van der Waals surface area contributed by atoms with Crippen molar-refractivity contribution >= 4 is 21.9 Å². The summed E-state index contributed by atoms with van der Waals surface area (Å²) in [5.41, 5.74) is 0.581. The van der Waals surface area contributed by atoms with Crippen molar-refractivity contribution in [3.05, 3.63) is 42.1 Å². The van der Waals surface area contributed by atoms with E-state index in [0.29, 0.717) is 43.7 Å². The molecule has 0 saturated carbocycles. The molecule has 0 atom stereocenters. The molecular weight excluding hydrogens is 648 g/mol. The van der Waals surface area contributed by atoms with Gasteiger partial charge in [-0.25, -0.2) is 14.4 Å². The van der Waals surface area contributed by atoms with Crippen LogP contribution in [0.1, 0.15) is 63.7 Å². The highest BCUT2D eigenvalue weighted by molar-refractivity contribution is 7.86. The Balaban J connectivity index is 0.912. The second kappa shape index (κ2) is 13.3. The van der Waals surface area contributed by atoms with Crippen LogP contribution in [0.5, 0.6) is 11.5 Å². The highest BCUT2D eigenvalue weighted by Gasteiger charge is 2.53. The first kappa shape index (κ1) is 34.5. The van der Waals surface area contributed by atoms with Crippen LogP contribution >= 0.6 is 0 Å². The highest BCUT2D eigenvalue weighted by Crippen LogP contribution is 2.45. The minimum Gasteiger partial charge on any atom is -0.451 e. The summed E-state index contributed by atoms with van der Waals surface area (Å²) in [4.78, 5) is 28.8. The number of ether oxygens (including phenoxy) is 1. The predicted molar refractivity (Wildman–Crippen MR) is 185 cm³/mol. The smallest absolute Gasteiger partial charge is 0.282 e. The third-order valence-electron chi connectivity index (χ3n) is 11.4. The molecule has 5 aliphatic rings. The fourth-order valence-corrected chi connectivity index (χ4v) is 10.4. The van der Waals surface area contributed by atoms with Gasteiger partial charge in [-0.3, -0.25) is 4.79 Å². The van der Waals surface area contributed by atoms with Gasteiger partial charge in [0, 0.05) is 81.8 Å². The maximum Gasteiger partial charge on any atom is 0.282 e. The Bertz CT molecular complexity index is 1610. The lowest BCUT2D eigenvalue weighted by Crippen LogP contribution is -2.73. The van der Waals surface area contributed by atoms with E-state index in [4.69, 9.17) is 4.74 Å². The molecule has 0 bridgehead atoms. The molecule has 268 valence electrons. The number of aromatic nitrogens is 2. The first-order valence-electron chi connectivity index (χ1n) is 17.9. The second-order valence-electron chi connectivity index (χ2n) is 15.7. The minimum absolute atomic E-state index is 0.0624. The van der Waals surface area contributed by atoms with Gasteiger partial charge >= 0.3 is 0 Å². The molecule has 5 aliphatic heterocycles. The topological polar surface area (TPSA) is 114 Å². The molecule has 5 saturated heterocycles. The summed E-state index contributed by atoms with van der Waals surface area (Å²) in [6.45, 7) is 17.0. The quantitative estimate of drug-likeness (QED) is 0.399. The normalized spacial score (nSPS) is 23.0. The van der Waals surface area contributed by atoms with Crippen molar-refractivity contribution in [3.63, 3.8) is 0 Å². The van der Waals surface area contributed by atoms with Gasteiger partial charge in [0.05, 0.1) is 11.8 Å². The van der Waals surface area contributed by atoms with E-state index in [9.17, 15) is 17.6 Å². The number of likely N-dealkylation sites (tertiary alicyclic amines) is 1. The number of nitrogens with one attached hydrogen (secondary N) is 1. The van der Waals surface area contributed by atoms with E-state index >= 15 is 0 Å². The van der Waals surface area contributed by atoms with Gasteiger partial charge in [0.2, 0.25) is 0 Å². The molecule has 0 unspecified atom stereocenters. The number of piperidine rings is 2. The van der Waals surface area contributed by atoms with Crippen molar-refractivity contribution in [1.29, 1.82) is 0 Å². The van der Waals surface area contributed by atoms with Gasteiger partial charge in [0.1, 0.15) is 17.9 Å². The van der Waals surface area contributed by atoms with Crippen LogP contribution in [0.15, 0.2) is 30.7 Å². The zero-order valence-corrected chi connectivity index (χ0v) is 30.1. The summed E-state index contributed by atoms with van der Waals surface area (Å²) in [6.07, 6.45) is 7.15. The summed E-state index contributed by atoms with van der Waals surface area (Å²) in [5.74, 6) is 1.14. The second-order valence-corrected chi connectivity index (χ2v) is 17.7. The van der Waals surface area contributed by atoms with E-state index in [1.54, 1.807) is 19.7 Å². The maximum absolute atomic E-state index is 14.4. The fourth-order valence-electron chi connectivity index (χ4n) is 8.56. The Morgan fingerprint density at radius 2 is 1.65 bits per heavy atom. The maximum atomic E-state index is 14.4. The Morgan fingerprint density at radius 1 is 0.980 bits per heavy atom. The molecule has 14 heteroatoms. The molecule has 7 rings (SSSR count). The van der Waals surface area contributed by atoms with Crippen LogP contribution in [0.2, 0.25) is 0 Å². The van der Waals surface area contributed by atoms with Crippen LogP contribution in [0.3, 0.4) is 0 Å². The van der Waals surface area contributed by atoms with Crippen LogP contribution in [-0.4, -0.2) is 127 Å². The van der Waals surface area contributed by atoms with E-state index in [1.165, 1.54) is 24.5 Å². The molecule has 5 fully saturated rings. The van der Waals surface area contributed by atoms with Crippen LogP contribution < -0.4 is 15.0 Å². The van der Waals surface area contributed by atoms with Crippen molar-refractivity contribution < 1.29 is 22.3 Å². The first-order valence-corrected chi connectivity index (χ1v) is 19.3. The molecule has 2 spiro atoms. The SMILES string of the molecule is CC(C)N(C(=O)c1cc(F)ccc1Oc1cncnc1N1CC2(CCN(CC3CCN(S(=O)(=O)N4CC5(CNC5)C4)CC3)CC2)C1)C(C)C. The molecule has 1 amide bonds. The highest BCUT2D eigenvalue weighted by atomic mass is 32.2. The Hall–Kier alpha value is -2.91. The molecule has 12 nitrogen and oxygen atoms in total. The van der Waals surface area contributed by atoms with E-state index in [1.807, 2.05) is 27.7 Å². The van der Waals surface area contributed by atoms with Crippen molar-refractivity contribution in [1.82, 2.24) is 33.7 Å². The number of benzene rings is 1. The molecule has 1 aromatic heterocycles. The van der Waals surface area contributed by atoms with Crippen molar-refractivity contribution in [2.75, 3.05) is 76.9 Å². The third kappa shape index (κ3) is 6.78. The molecule has 6 heterocycles. The number of rotatable bonds is 10. The van der Waals surface area contributed by atoms with Crippen LogP contribution in [-0.2, 0) is 10.2 Å². The number of amides is 1. The number of hydrogen-bond acceptors (Lipinski definition) is 9. The number of anilines is 1. The fraction of sp³-hybridized carbons (Fsp3) is 0.686. The van der Waals surface area contributed by atoms with Gasteiger partial charge in [-0.15, -0.1) is 0 Å². The molecule has 1 aromatic carbocycles. The minimum atomic E-state index is -3.34. The lowest BCUT2D eigenvalue weighted by atomic mass is 9.72. The molecule has 1 N–H and O–H groups in total. The van der Waals surface area contributed by atoms with Crippen molar-refractivity contribution in [2.45, 2.75) is 65.5 Å². The van der Waals surface area contributed by atoms with Gasteiger partial charge in [0.25, 0.3) is 16.1 Å². The Morgan fingerprint density at radius 3 is 2.27 bits per heavy atom. The van der Waals surface area contributed by atoms with Crippen LogP contribution in [0.4, 0.5) is 10.2 Å². The molecule has 0 radical (unpaired) electrons. The Labute approximate surface area is 290 Å². The van der Waals surface area contributed by atoms with Crippen molar-refractivity contribution in [2.24, 2.45) is 16.7 Å². The van der Waals surface area contributed by atoms with Gasteiger partial charge < -0.3 is 24.8 Å². The van der Waals surface area contributed by atoms with Crippen LogP contribution in [0, 0.1) is 22.6 Å². The monoisotopic (exact) mass is 698 g/mol. The zero-order valence-electron chi connectivity index (χ0n) is 29.3. The van der Waals surface area contributed by atoms with E-state index < -0.39 is 16.0 Å². The molecular formula is C35H51FN8O4S. The largest absolute Gasteiger partial charge is 0.451 e. The zero-order chi connectivity index (χ0) is 34.6. The van der Waals surface area contributed by atoms with Gasteiger partial charge in [-0.2, -0.15) is 17.0 Å². The number of halogens is 1. The summed E-state index contributed by atoms with van der Waals surface area (Å²) in [5, 5.41) is 3.27. The average Bonchev–Trinajstić information content (AvgIpc) is 3.00. The van der Waals surface area contributed by atoms with Crippen molar-refractivity contribution in [3.8, 4) is 11.5 Å². The lowest BCUT2D eigenvalue weighted by molar-refractivity contribution is 0.0110. The first-order chi connectivity index (χ1) is 23.4. The third-order valence-corrected chi connectivity index (χ3v) is 13.4. The predicted octanol–water partition coefficient (Wildman–Crippen LogP) is 3.43. The van der Waals surface area contributed by atoms with Gasteiger partial charge in [-0.05, 0) is 90.6 Å². The summed E-state index contributed by atoms with van der Waals surface area (Å²) < 4.78 is 50.3. The number of carbonyl (C=O) groups is 1. The average molecular weight is 699 g/mol. The van der Waals surface area contributed by atoms with Gasteiger partial charge in [-0.1, -0.05) is 0 Å². The summed E-state index contributed by atoms with van der Waals surface area (Å²) in [6, 6.07) is 3.92. The number of carbonyl (C=O) groups excluding carboxylic acids is 1. The lowest BCUT2D eigenvalue weighted by Gasteiger charge is -2.56. The van der Waals surface area contributed by atoms with Gasteiger partial charge in [0.15, 0.2) is 11.6 Å². The summed E-state index contributed by atoms with van der Waals surface area (Å²) in [7, 11) is -3.34. The van der Waals surface area contributed by atoms with E-state index in [0.717, 1.165) is 71.5 Å². The number of hydrogen-bond donors (Lipinski definition) is 1.